The molecule has 1 amide bonds. The van der Waals surface area contributed by atoms with Gasteiger partial charge in [0.2, 0.25) is 11.1 Å². The van der Waals surface area contributed by atoms with Crippen molar-refractivity contribution in [2.75, 3.05) is 11.1 Å². The van der Waals surface area contributed by atoms with Gasteiger partial charge in [-0.15, -0.1) is 5.10 Å². The third-order valence-electron chi connectivity index (χ3n) is 2.90. The number of halogens is 1. The Kier molecular flexibility index (Phi) is 4.01. The highest BCUT2D eigenvalue weighted by Crippen LogP contribution is 2.18. The second-order valence-corrected chi connectivity index (χ2v) is 5.50. The Bertz CT molecular complexity index is 802. The number of nitrogens with one attached hydrogen (secondary N) is 1. The van der Waals surface area contributed by atoms with Gasteiger partial charge in [0.15, 0.2) is 0 Å². The van der Waals surface area contributed by atoms with Crippen molar-refractivity contribution >= 4 is 29.1 Å². The minimum absolute atomic E-state index is 0.132. The number of carbonyl (C=O) groups is 1. The Morgan fingerprint density at radius 3 is 3.14 bits per heavy atom. The van der Waals surface area contributed by atoms with Crippen molar-refractivity contribution in [2.45, 2.75) is 12.1 Å². The van der Waals surface area contributed by atoms with Gasteiger partial charge in [0.1, 0.15) is 5.82 Å². The number of hydrogen-bond acceptors (Lipinski definition) is 5. The standard InChI is InChI=1S/C14H12FN5OS/c1-9-3-4-10(15)7-11(9)17-12(21)8-22-14-18-13-16-5-2-6-20(13)19-14/h2-7H,8H2,1H3,(H,17,21). The van der Waals surface area contributed by atoms with Gasteiger partial charge in [-0.05, 0) is 30.7 Å². The molecule has 22 heavy (non-hydrogen) atoms. The fourth-order valence-electron chi connectivity index (χ4n) is 1.82. The third kappa shape index (κ3) is 3.22. The number of aromatic nitrogens is 4. The number of aryl methyl sites for hydroxylation is 1. The molecule has 0 aliphatic heterocycles. The van der Waals surface area contributed by atoms with E-state index in [1.54, 1.807) is 31.5 Å². The lowest BCUT2D eigenvalue weighted by atomic mass is 10.2. The first-order chi connectivity index (χ1) is 10.6. The summed E-state index contributed by atoms with van der Waals surface area (Å²) in [5.74, 6) is -0.0223. The predicted octanol–water partition coefficient (Wildman–Crippen LogP) is 2.30. The summed E-state index contributed by atoms with van der Waals surface area (Å²) in [5.41, 5.74) is 1.27. The summed E-state index contributed by atoms with van der Waals surface area (Å²) < 4.78 is 14.7. The van der Waals surface area contributed by atoms with Gasteiger partial charge in [0, 0.05) is 18.1 Å². The van der Waals surface area contributed by atoms with Crippen LogP contribution in [0.25, 0.3) is 5.78 Å². The zero-order chi connectivity index (χ0) is 15.5. The van der Waals surface area contributed by atoms with Crippen LogP contribution < -0.4 is 5.32 Å². The molecule has 0 aliphatic rings. The summed E-state index contributed by atoms with van der Waals surface area (Å²) in [7, 11) is 0. The van der Waals surface area contributed by atoms with E-state index in [0.29, 0.717) is 16.6 Å². The number of rotatable bonds is 4. The van der Waals surface area contributed by atoms with E-state index in [9.17, 15) is 9.18 Å². The lowest BCUT2D eigenvalue weighted by molar-refractivity contribution is -0.113. The summed E-state index contributed by atoms with van der Waals surface area (Å²) in [6.45, 7) is 1.80. The zero-order valence-corrected chi connectivity index (χ0v) is 12.5. The van der Waals surface area contributed by atoms with Crippen molar-refractivity contribution in [2.24, 2.45) is 0 Å². The third-order valence-corrected chi connectivity index (χ3v) is 3.74. The molecule has 3 rings (SSSR count). The highest BCUT2D eigenvalue weighted by atomic mass is 32.2. The van der Waals surface area contributed by atoms with Gasteiger partial charge < -0.3 is 5.32 Å². The molecule has 0 spiro atoms. The predicted molar refractivity (Wildman–Crippen MR) is 81.3 cm³/mol. The first-order valence-corrected chi connectivity index (χ1v) is 7.46. The number of benzene rings is 1. The second kappa shape index (κ2) is 6.10. The lowest BCUT2D eigenvalue weighted by Crippen LogP contribution is -2.15. The molecule has 8 heteroatoms. The quantitative estimate of drug-likeness (QED) is 0.748. The van der Waals surface area contributed by atoms with Crippen molar-refractivity contribution in [1.29, 1.82) is 0 Å². The zero-order valence-electron chi connectivity index (χ0n) is 11.7. The lowest BCUT2D eigenvalue weighted by Gasteiger charge is -2.07. The van der Waals surface area contributed by atoms with E-state index in [1.807, 2.05) is 0 Å². The van der Waals surface area contributed by atoms with Gasteiger partial charge in [0.25, 0.3) is 5.78 Å². The Morgan fingerprint density at radius 2 is 2.32 bits per heavy atom. The highest BCUT2D eigenvalue weighted by Gasteiger charge is 2.10. The SMILES string of the molecule is Cc1ccc(F)cc1NC(=O)CSc1nc2ncccn2n1. The molecule has 2 aromatic heterocycles. The van der Waals surface area contributed by atoms with Crippen LogP contribution >= 0.6 is 11.8 Å². The number of thioether (sulfide) groups is 1. The number of nitrogens with zero attached hydrogens (tertiary/aromatic N) is 4. The average Bonchev–Trinajstić information content (AvgIpc) is 2.92. The monoisotopic (exact) mass is 317 g/mol. The maximum atomic E-state index is 13.2. The number of carbonyl (C=O) groups excluding carboxylic acids is 1. The minimum atomic E-state index is -0.387. The first-order valence-electron chi connectivity index (χ1n) is 6.48. The van der Waals surface area contributed by atoms with Crippen LogP contribution in [0.15, 0.2) is 41.8 Å². The Hall–Kier alpha value is -2.48. The molecule has 1 aromatic carbocycles. The molecule has 1 N–H and O–H groups in total. The molecule has 0 saturated heterocycles. The highest BCUT2D eigenvalue weighted by molar-refractivity contribution is 7.99. The summed E-state index contributed by atoms with van der Waals surface area (Å²) in [6.07, 6.45) is 3.35. The Balaban J connectivity index is 1.63. The number of anilines is 1. The van der Waals surface area contributed by atoms with E-state index in [4.69, 9.17) is 0 Å². The van der Waals surface area contributed by atoms with Gasteiger partial charge in [-0.1, -0.05) is 17.8 Å². The normalized spacial score (nSPS) is 10.8. The molecule has 0 radical (unpaired) electrons. The van der Waals surface area contributed by atoms with E-state index in [1.165, 1.54) is 28.4 Å². The van der Waals surface area contributed by atoms with Crippen LogP contribution in [0.5, 0.6) is 0 Å². The van der Waals surface area contributed by atoms with Gasteiger partial charge in [-0.25, -0.2) is 13.9 Å². The van der Waals surface area contributed by atoms with Gasteiger partial charge in [0.05, 0.1) is 5.75 Å². The molecular weight excluding hydrogens is 305 g/mol. The van der Waals surface area contributed by atoms with E-state index < -0.39 is 0 Å². The van der Waals surface area contributed by atoms with Crippen molar-refractivity contribution in [3.63, 3.8) is 0 Å². The van der Waals surface area contributed by atoms with Crippen molar-refractivity contribution < 1.29 is 9.18 Å². The fourth-order valence-corrected chi connectivity index (χ4v) is 2.44. The summed E-state index contributed by atoms with van der Waals surface area (Å²) >= 11 is 1.19. The van der Waals surface area contributed by atoms with Crippen molar-refractivity contribution in [3.05, 3.63) is 48.0 Å². The molecule has 0 atom stereocenters. The molecule has 112 valence electrons. The van der Waals surface area contributed by atoms with Crippen molar-refractivity contribution in [3.8, 4) is 0 Å². The van der Waals surface area contributed by atoms with Crippen molar-refractivity contribution in [1.82, 2.24) is 19.6 Å². The largest absolute Gasteiger partial charge is 0.325 e. The maximum absolute atomic E-state index is 13.2. The van der Waals surface area contributed by atoms with Crippen LogP contribution in [0.3, 0.4) is 0 Å². The Morgan fingerprint density at radius 1 is 1.45 bits per heavy atom. The molecule has 6 nitrogen and oxygen atoms in total. The van der Waals surface area contributed by atoms with Crippen LogP contribution in [0, 0.1) is 12.7 Å². The van der Waals surface area contributed by atoms with Crippen LogP contribution in [-0.2, 0) is 4.79 Å². The topological polar surface area (TPSA) is 72.2 Å². The van der Waals surface area contributed by atoms with Gasteiger partial charge in [-0.2, -0.15) is 4.98 Å². The van der Waals surface area contributed by atoms with Gasteiger partial charge in [-0.3, -0.25) is 4.79 Å². The molecule has 2 heterocycles. The molecule has 0 bridgehead atoms. The second-order valence-electron chi connectivity index (χ2n) is 4.55. The molecule has 0 unspecified atom stereocenters. The van der Waals surface area contributed by atoms with E-state index in [-0.39, 0.29) is 17.5 Å². The van der Waals surface area contributed by atoms with Gasteiger partial charge >= 0.3 is 0 Å². The average molecular weight is 317 g/mol. The number of fused-ring (bicyclic) bond motifs is 1. The van der Waals surface area contributed by atoms with E-state index in [2.05, 4.69) is 20.4 Å². The minimum Gasteiger partial charge on any atom is -0.325 e. The van der Waals surface area contributed by atoms with E-state index in [0.717, 1.165) is 5.56 Å². The molecule has 0 saturated carbocycles. The molecule has 0 fully saturated rings. The van der Waals surface area contributed by atoms with Crippen LogP contribution in [0.2, 0.25) is 0 Å². The molecule has 0 aliphatic carbocycles. The van der Waals surface area contributed by atoms with Crippen LogP contribution in [0.1, 0.15) is 5.56 Å². The fraction of sp³-hybridized carbons (Fsp3) is 0.143. The van der Waals surface area contributed by atoms with Crippen LogP contribution in [-0.4, -0.2) is 31.2 Å². The summed E-state index contributed by atoms with van der Waals surface area (Å²) in [4.78, 5) is 20.2. The summed E-state index contributed by atoms with van der Waals surface area (Å²) in [6, 6.07) is 6.02. The molecular formula is C14H12FN5OS. The summed E-state index contributed by atoms with van der Waals surface area (Å²) in [5, 5.41) is 7.33. The van der Waals surface area contributed by atoms with E-state index >= 15 is 0 Å². The number of hydrogen-bond donors (Lipinski definition) is 1. The first kappa shape index (κ1) is 14.5. The molecule has 3 aromatic rings. The number of amides is 1. The Labute approximate surface area is 129 Å². The maximum Gasteiger partial charge on any atom is 0.253 e. The smallest absolute Gasteiger partial charge is 0.253 e. The van der Waals surface area contributed by atoms with Crippen LogP contribution in [0.4, 0.5) is 10.1 Å².